The van der Waals surface area contributed by atoms with Crippen LogP contribution in [0, 0.1) is 10.1 Å². The Morgan fingerprint density at radius 3 is 2.38 bits per heavy atom. The van der Waals surface area contributed by atoms with E-state index in [-0.39, 0.29) is 11.6 Å². The number of halogens is 1. The van der Waals surface area contributed by atoms with Crippen molar-refractivity contribution in [3.8, 4) is 0 Å². The van der Waals surface area contributed by atoms with Gasteiger partial charge in [-0.25, -0.2) is 0 Å². The van der Waals surface area contributed by atoms with Crippen LogP contribution in [0.15, 0.2) is 42.7 Å². The van der Waals surface area contributed by atoms with E-state index in [4.69, 9.17) is 11.6 Å². The molecule has 0 saturated carbocycles. The molecule has 8 heteroatoms. The number of anilines is 1. The fourth-order valence-electron chi connectivity index (χ4n) is 2.69. The van der Waals surface area contributed by atoms with E-state index in [9.17, 15) is 14.9 Å². The Balaban J connectivity index is 1.67. The van der Waals surface area contributed by atoms with Gasteiger partial charge in [0.1, 0.15) is 0 Å². The molecule has 2 aromatic rings. The third kappa shape index (κ3) is 3.30. The minimum atomic E-state index is -0.471. The van der Waals surface area contributed by atoms with E-state index < -0.39 is 4.92 Å². The first-order valence-electron chi connectivity index (χ1n) is 7.44. The summed E-state index contributed by atoms with van der Waals surface area (Å²) in [6.07, 6.45) is 3.19. The maximum absolute atomic E-state index is 12.4. The summed E-state index contributed by atoms with van der Waals surface area (Å²) in [4.78, 5) is 30.4. The third-order valence-corrected chi connectivity index (χ3v) is 4.28. The molecule has 0 spiro atoms. The van der Waals surface area contributed by atoms with Crippen molar-refractivity contribution < 1.29 is 9.72 Å². The summed E-state index contributed by atoms with van der Waals surface area (Å²) in [6.45, 7) is 2.37. The molecule has 1 aliphatic rings. The van der Waals surface area contributed by atoms with Gasteiger partial charge in [-0.3, -0.25) is 19.9 Å². The van der Waals surface area contributed by atoms with Gasteiger partial charge in [0, 0.05) is 56.3 Å². The normalized spacial score (nSPS) is 14.5. The van der Waals surface area contributed by atoms with E-state index in [1.54, 1.807) is 35.5 Å². The zero-order valence-electron chi connectivity index (χ0n) is 12.8. The molecule has 1 amide bonds. The maximum Gasteiger partial charge on any atom is 0.271 e. The fourth-order valence-corrected chi connectivity index (χ4v) is 2.99. The molecule has 1 aliphatic heterocycles. The Hall–Kier alpha value is -2.67. The summed E-state index contributed by atoms with van der Waals surface area (Å²) in [5.74, 6) is -0.0214. The first-order valence-corrected chi connectivity index (χ1v) is 7.82. The van der Waals surface area contributed by atoms with Crippen LogP contribution in [0.25, 0.3) is 0 Å². The number of nitrogens with zero attached hydrogens (tertiary/aromatic N) is 4. The Bertz CT molecular complexity index is 761. The lowest BCUT2D eigenvalue weighted by atomic mass is 10.2. The molecule has 0 aliphatic carbocycles. The summed E-state index contributed by atoms with van der Waals surface area (Å²) >= 11 is 6.17. The second kappa shape index (κ2) is 6.84. The first-order chi connectivity index (χ1) is 11.6. The number of carbonyl (C=O) groups excluding carboxylic acids is 1. The van der Waals surface area contributed by atoms with Crippen LogP contribution in [0.1, 0.15) is 10.4 Å². The average Bonchev–Trinajstić information content (AvgIpc) is 2.62. The van der Waals surface area contributed by atoms with Crippen LogP contribution < -0.4 is 4.90 Å². The molecule has 0 bridgehead atoms. The largest absolute Gasteiger partial charge is 0.367 e. The Labute approximate surface area is 143 Å². The minimum absolute atomic E-state index is 0.0214. The molecule has 7 nitrogen and oxygen atoms in total. The predicted molar refractivity (Wildman–Crippen MR) is 90.5 cm³/mol. The van der Waals surface area contributed by atoms with Gasteiger partial charge in [-0.05, 0) is 18.2 Å². The highest BCUT2D eigenvalue weighted by molar-refractivity contribution is 6.33. The van der Waals surface area contributed by atoms with Crippen molar-refractivity contribution in [2.45, 2.75) is 0 Å². The van der Waals surface area contributed by atoms with E-state index >= 15 is 0 Å². The van der Waals surface area contributed by atoms with Crippen molar-refractivity contribution in [1.82, 2.24) is 9.88 Å². The fraction of sp³-hybridized carbons (Fsp3) is 0.250. The summed E-state index contributed by atoms with van der Waals surface area (Å²) in [6, 6.07) is 7.84. The Morgan fingerprint density at radius 2 is 1.79 bits per heavy atom. The van der Waals surface area contributed by atoms with E-state index in [0.717, 1.165) is 5.69 Å². The number of non-ortho nitro benzene ring substituents is 1. The molecular formula is C16H15ClN4O3. The molecule has 0 unspecified atom stereocenters. The zero-order chi connectivity index (χ0) is 17.1. The molecule has 1 fully saturated rings. The van der Waals surface area contributed by atoms with Crippen molar-refractivity contribution in [3.63, 3.8) is 0 Å². The van der Waals surface area contributed by atoms with Gasteiger partial charge in [-0.15, -0.1) is 0 Å². The topological polar surface area (TPSA) is 79.6 Å². The van der Waals surface area contributed by atoms with Gasteiger partial charge in [-0.2, -0.15) is 0 Å². The molecule has 1 aromatic heterocycles. The number of piperazine rings is 1. The Kier molecular flexibility index (Phi) is 4.61. The lowest BCUT2D eigenvalue weighted by Crippen LogP contribution is -2.48. The van der Waals surface area contributed by atoms with Gasteiger partial charge in [-0.1, -0.05) is 11.6 Å². The molecule has 0 radical (unpaired) electrons. The van der Waals surface area contributed by atoms with E-state index in [0.29, 0.717) is 36.8 Å². The number of nitro benzene ring substituents is 1. The van der Waals surface area contributed by atoms with E-state index in [2.05, 4.69) is 4.98 Å². The van der Waals surface area contributed by atoms with Gasteiger partial charge in [0.25, 0.3) is 11.6 Å². The predicted octanol–water partition coefficient (Wildman–Crippen LogP) is 2.61. The second-order valence-corrected chi connectivity index (χ2v) is 5.82. The molecule has 24 heavy (non-hydrogen) atoms. The van der Waals surface area contributed by atoms with Gasteiger partial charge in [0.2, 0.25) is 0 Å². The SMILES string of the molecule is O=C(c1ccncc1)N1CCN(c2ccc([N+](=O)[O-])cc2Cl)CC1. The van der Waals surface area contributed by atoms with E-state index in [1.807, 2.05) is 4.90 Å². The van der Waals surface area contributed by atoms with Crippen LogP contribution in [0.5, 0.6) is 0 Å². The third-order valence-electron chi connectivity index (χ3n) is 3.98. The minimum Gasteiger partial charge on any atom is -0.367 e. The quantitative estimate of drug-likeness (QED) is 0.630. The van der Waals surface area contributed by atoms with Crippen LogP contribution in [0.4, 0.5) is 11.4 Å². The molecule has 2 heterocycles. The number of hydrogen-bond donors (Lipinski definition) is 0. The van der Waals surface area contributed by atoms with Crippen LogP contribution in [0.3, 0.4) is 0 Å². The monoisotopic (exact) mass is 346 g/mol. The van der Waals surface area contributed by atoms with E-state index in [1.165, 1.54) is 12.1 Å². The highest BCUT2D eigenvalue weighted by Crippen LogP contribution is 2.30. The highest BCUT2D eigenvalue weighted by Gasteiger charge is 2.24. The second-order valence-electron chi connectivity index (χ2n) is 5.41. The number of benzene rings is 1. The molecule has 124 valence electrons. The number of nitro groups is 1. The molecule has 1 aromatic carbocycles. The smallest absolute Gasteiger partial charge is 0.271 e. The first kappa shape index (κ1) is 16.2. The molecule has 3 rings (SSSR count). The summed E-state index contributed by atoms with van der Waals surface area (Å²) < 4.78 is 0. The van der Waals surface area contributed by atoms with Gasteiger partial charge < -0.3 is 9.80 Å². The number of rotatable bonds is 3. The van der Waals surface area contributed by atoms with Crippen LogP contribution in [-0.2, 0) is 0 Å². The zero-order valence-corrected chi connectivity index (χ0v) is 13.5. The van der Waals surface area contributed by atoms with Crippen molar-refractivity contribution in [2.75, 3.05) is 31.1 Å². The van der Waals surface area contributed by atoms with Crippen molar-refractivity contribution >= 4 is 28.9 Å². The van der Waals surface area contributed by atoms with Gasteiger partial charge >= 0.3 is 0 Å². The molecular weight excluding hydrogens is 332 g/mol. The summed E-state index contributed by atoms with van der Waals surface area (Å²) in [7, 11) is 0. The molecule has 0 atom stereocenters. The number of pyridine rings is 1. The molecule has 1 saturated heterocycles. The Morgan fingerprint density at radius 1 is 1.12 bits per heavy atom. The van der Waals surface area contributed by atoms with Crippen molar-refractivity contribution in [1.29, 1.82) is 0 Å². The number of aromatic nitrogens is 1. The number of carbonyl (C=O) groups is 1. The number of hydrogen-bond acceptors (Lipinski definition) is 5. The van der Waals surface area contributed by atoms with Gasteiger partial charge in [0.15, 0.2) is 0 Å². The average molecular weight is 347 g/mol. The number of amides is 1. The lowest BCUT2D eigenvalue weighted by molar-refractivity contribution is -0.384. The van der Waals surface area contributed by atoms with Gasteiger partial charge in [0.05, 0.1) is 15.6 Å². The molecule has 0 N–H and O–H groups in total. The standard InChI is InChI=1S/C16H15ClN4O3/c17-14-11-13(21(23)24)1-2-15(14)19-7-9-20(10-8-19)16(22)12-3-5-18-6-4-12/h1-6,11H,7-10H2. The lowest BCUT2D eigenvalue weighted by Gasteiger charge is -2.36. The van der Waals surface area contributed by atoms with Crippen LogP contribution in [0.2, 0.25) is 5.02 Å². The van der Waals surface area contributed by atoms with Crippen molar-refractivity contribution in [2.24, 2.45) is 0 Å². The van der Waals surface area contributed by atoms with Crippen molar-refractivity contribution in [3.05, 3.63) is 63.4 Å². The maximum atomic E-state index is 12.4. The summed E-state index contributed by atoms with van der Waals surface area (Å²) in [5, 5.41) is 11.1. The van der Waals surface area contributed by atoms with Crippen LogP contribution in [-0.4, -0.2) is 46.9 Å². The highest BCUT2D eigenvalue weighted by atomic mass is 35.5. The van der Waals surface area contributed by atoms with Crippen LogP contribution >= 0.6 is 11.6 Å². The summed E-state index contributed by atoms with van der Waals surface area (Å²) in [5.41, 5.74) is 1.33.